The smallest absolute Gasteiger partial charge is 0.417 e. The number of imide groups is 1. The molecule has 1 heterocycles. The molecule has 1 aliphatic heterocycles. The van der Waals surface area contributed by atoms with Crippen molar-refractivity contribution < 1.29 is 27.5 Å². The van der Waals surface area contributed by atoms with Crippen molar-refractivity contribution in [1.82, 2.24) is 9.80 Å². The van der Waals surface area contributed by atoms with Gasteiger partial charge in [0.25, 0.3) is 5.91 Å². The normalized spacial score (nSPS) is 21.9. The highest BCUT2D eigenvalue weighted by atomic mass is 19.4. The Bertz CT molecular complexity index is 464. The molecular weight excluding hydrogens is 289 g/mol. The van der Waals surface area contributed by atoms with Gasteiger partial charge in [-0.15, -0.1) is 0 Å². The van der Waals surface area contributed by atoms with E-state index >= 15 is 0 Å². The molecule has 0 aromatic carbocycles. The molecule has 120 valence electrons. The van der Waals surface area contributed by atoms with Crippen LogP contribution in [0.15, 0.2) is 11.8 Å². The maximum Gasteiger partial charge on any atom is 0.417 e. The number of likely N-dealkylation sites (tertiary alicyclic amines) is 1. The third-order valence-corrected chi connectivity index (χ3v) is 2.60. The van der Waals surface area contributed by atoms with Crippen LogP contribution in [0.2, 0.25) is 0 Å². The first-order chi connectivity index (χ1) is 9.33. The molecule has 1 atom stereocenters. The van der Waals surface area contributed by atoms with Crippen molar-refractivity contribution in [2.75, 3.05) is 14.1 Å². The van der Waals surface area contributed by atoms with Gasteiger partial charge in [-0.25, -0.2) is 9.69 Å². The highest BCUT2D eigenvalue weighted by Gasteiger charge is 2.54. The van der Waals surface area contributed by atoms with Gasteiger partial charge in [0.15, 0.2) is 0 Å². The highest BCUT2D eigenvalue weighted by molar-refractivity contribution is 6.05. The molecule has 1 fully saturated rings. The van der Waals surface area contributed by atoms with Crippen LogP contribution in [0.5, 0.6) is 0 Å². The third kappa shape index (κ3) is 4.37. The lowest BCUT2D eigenvalue weighted by molar-refractivity contribution is -0.177. The summed E-state index contributed by atoms with van der Waals surface area (Å²) < 4.78 is 44.0. The quantitative estimate of drug-likeness (QED) is 0.699. The average molecular weight is 308 g/mol. The number of amides is 2. The average Bonchev–Trinajstić information content (AvgIpc) is 2.52. The molecule has 8 heteroatoms. The first-order valence-electron chi connectivity index (χ1n) is 6.33. The van der Waals surface area contributed by atoms with Gasteiger partial charge in [-0.05, 0) is 20.8 Å². The maximum absolute atomic E-state index is 13.0. The highest BCUT2D eigenvalue weighted by Crippen LogP contribution is 2.36. The summed E-state index contributed by atoms with van der Waals surface area (Å²) in [6.45, 7) is 4.56. The lowest BCUT2D eigenvalue weighted by atomic mass is 10.1. The number of rotatable bonds is 1. The first kappa shape index (κ1) is 17.3. The van der Waals surface area contributed by atoms with Crippen LogP contribution in [0.25, 0.3) is 0 Å². The molecule has 2 amide bonds. The third-order valence-electron chi connectivity index (χ3n) is 2.60. The lowest BCUT2D eigenvalue weighted by Crippen LogP contribution is -2.48. The number of ether oxygens (including phenoxy) is 1. The van der Waals surface area contributed by atoms with Crippen LogP contribution in [0.3, 0.4) is 0 Å². The SMILES string of the molecule is CN(C)/C=C1/C[C@@H](C(F)(F)F)N(C(=O)OC(C)(C)C)C1=O. The molecule has 0 N–H and O–H groups in total. The van der Waals surface area contributed by atoms with E-state index in [4.69, 9.17) is 4.74 Å². The van der Waals surface area contributed by atoms with Crippen molar-refractivity contribution >= 4 is 12.0 Å². The Hall–Kier alpha value is -1.73. The van der Waals surface area contributed by atoms with Crippen molar-refractivity contribution in [3.63, 3.8) is 0 Å². The van der Waals surface area contributed by atoms with Crippen LogP contribution in [-0.2, 0) is 9.53 Å². The number of nitrogens with zero attached hydrogens (tertiary/aromatic N) is 2. The topological polar surface area (TPSA) is 49.9 Å². The zero-order valence-corrected chi connectivity index (χ0v) is 12.6. The van der Waals surface area contributed by atoms with Crippen LogP contribution < -0.4 is 0 Å². The first-order valence-corrected chi connectivity index (χ1v) is 6.33. The van der Waals surface area contributed by atoms with Gasteiger partial charge in [0.05, 0.1) is 0 Å². The number of hydrogen-bond acceptors (Lipinski definition) is 4. The summed E-state index contributed by atoms with van der Waals surface area (Å²) in [4.78, 5) is 25.6. The van der Waals surface area contributed by atoms with E-state index in [1.807, 2.05) is 0 Å². The maximum atomic E-state index is 13.0. The molecule has 0 unspecified atom stereocenters. The summed E-state index contributed by atoms with van der Waals surface area (Å²) in [5, 5.41) is 0. The Balaban J connectivity index is 3.13. The number of carbonyl (C=O) groups excluding carboxylic acids is 2. The Morgan fingerprint density at radius 3 is 2.24 bits per heavy atom. The van der Waals surface area contributed by atoms with Gasteiger partial charge in [-0.1, -0.05) is 0 Å². The molecule has 1 aliphatic rings. The minimum Gasteiger partial charge on any atom is -0.443 e. The predicted molar refractivity (Wildman–Crippen MR) is 69.3 cm³/mol. The fraction of sp³-hybridized carbons (Fsp3) is 0.692. The molecule has 0 spiro atoms. The van der Waals surface area contributed by atoms with E-state index in [0.29, 0.717) is 0 Å². The van der Waals surface area contributed by atoms with Gasteiger partial charge in [0.2, 0.25) is 0 Å². The molecule has 0 aromatic rings. The summed E-state index contributed by atoms with van der Waals surface area (Å²) >= 11 is 0. The predicted octanol–water partition coefficient (Wildman–Crippen LogP) is 2.53. The number of carbonyl (C=O) groups is 2. The second kappa shape index (κ2) is 5.57. The molecule has 5 nitrogen and oxygen atoms in total. The van der Waals surface area contributed by atoms with Crippen LogP contribution in [0, 0.1) is 0 Å². The van der Waals surface area contributed by atoms with Gasteiger partial charge in [0, 0.05) is 32.3 Å². The van der Waals surface area contributed by atoms with Crippen molar-refractivity contribution in [3.8, 4) is 0 Å². The molecule has 0 aromatic heterocycles. The summed E-state index contributed by atoms with van der Waals surface area (Å²) in [5.41, 5.74) is -1.06. The molecule has 0 aliphatic carbocycles. The molecule has 0 saturated carbocycles. The van der Waals surface area contributed by atoms with Gasteiger partial charge < -0.3 is 9.64 Å². The fourth-order valence-electron chi connectivity index (χ4n) is 1.89. The van der Waals surface area contributed by atoms with E-state index in [2.05, 4.69) is 0 Å². The standard InChI is InChI=1S/C13H19F3N2O3/c1-12(2,3)21-11(20)18-9(13(14,15)16)6-8(10(18)19)7-17(4)5/h7,9H,6H2,1-5H3/b8-7-/t9-/m0/s1. The summed E-state index contributed by atoms with van der Waals surface area (Å²) in [6.07, 6.45) is -5.27. The number of hydrogen-bond donors (Lipinski definition) is 0. The van der Waals surface area contributed by atoms with Crippen LogP contribution in [-0.4, -0.2) is 53.7 Å². The van der Waals surface area contributed by atoms with Gasteiger partial charge in [0.1, 0.15) is 11.6 Å². The van der Waals surface area contributed by atoms with Gasteiger partial charge in [-0.3, -0.25) is 4.79 Å². The van der Waals surface area contributed by atoms with Crippen molar-refractivity contribution in [3.05, 3.63) is 11.8 Å². The fourth-order valence-corrected chi connectivity index (χ4v) is 1.89. The summed E-state index contributed by atoms with van der Waals surface area (Å²) in [5.74, 6) is -0.972. The van der Waals surface area contributed by atoms with Crippen LogP contribution in [0.1, 0.15) is 27.2 Å². The Morgan fingerprint density at radius 2 is 1.86 bits per heavy atom. The Kier molecular flexibility index (Phi) is 4.60. The van der Waals surface area contributed by atoms with Crippen molar-refractivity contribution in [2.24, 2.45) is 0 Å². The van der Waals surface area contributed by atoms with Gasteiger partial charge in [-0.2, -0.15) is 13.2 Å². The second-order valence-electron chi connectivity index (χ2n) is 6.03. The molecule has 0 bridgehead atoms. The lowest BCUT2D eigenvalue weighted by Gasteiger charge is -2.27. The van der Waals surface area contributed by atoms with E-state index < -0.39 is 36.2 Å². The number of alkyl halides is 3. The zero-order chi connectivity index (χ0) is 16.6. The molecule has 0 radical (unpaired) electrons. The van der Waals surface area contributed by atoms with E-state index in [0.717, 1.165) is 0 Å². The molecular formula is C13H19F3N2O3. The van der Waals surface area contributed by atoms with E-state index in [1.54, 1.807) is 14.1 Å². The summed E-state index contributed by atoms with van der Waals surface area (Å²) in [6, 6.07) is -2.19. The number of halogens is 3. The van der Waals surface area contributed by atoms with Gasteiger partial charge >= 0.3 is 12.3 Å². The minimum absolute atomic E-state index is 0.0758. The molecule has 1 saturated heterocycles. The van der Waals surface area contributed by atoms with Crippen LogP contribution >= 0.6 is 0 Å². The monoisotopic (exact) mass is 308 g/mol. The van der Waals surface area contributed by atoms with Crippen molar-refractivity contribution in [1.29, 1.82) is 0 Å². The molecule has 1 rings (SSSR count). The molecule has 21 heavy (non-hydrogen) atoms. The van der Waals surface area contributed by atoms with Crippen LogP contribution in [0.4, 0.5) is 18.0 Å². The largest absolute Gasteiger partial charge is 0.443 e. The van der Waals surface area contributed by atoms with E-state index in [9.17, 15) is 22.8 Å². The zero-order valence-electron chi connectivity index (χ0n) is 12.6. The Morgan fingerprint density at radius 1 is 1.33 bits per heavy atom. The van der Waals surface area contributed by atoms with E-state index in [-0.39, 0.29) is 10.5 Å². The summed E-state index contributed by atoms with van der Waals surface area (Å²) in [7, 11) is 3.16. The second-order valence-corrected chi connectivity index (χ2v) is 6.03. The Labute approximate surface area is 121 Å². The van der Waals surface area contributed by atoms with Crippen molar-refractivity contribution in [2.45, 2.75) is 45.0 Å². The minimum atomic E-state index is -4.70. The van der Waals surface area contributed by atoms with E-state index in [1.165, 1.54) is 31.9 Å².